The number of carboxylic acids is 1. The lowest BCUT2D eigenvalue weighted by molar-refractivity contribution is -0.381. The lowest BCUT2D eigenvalue weighted by Gasteiger charge is -2.48. The summed E-state index contributed by atoms with van der Waals surface area (Å²) < 4.78 is 38.0. The summed E-state index contributed by atoms with van der Waals surface area (Å²) >= 11 is 0. The third-order valence-corrected chi connectivity index (χ3v) is 9.58. The third kappa shape index (κ3) is 9.28. The molecule has 4 saturated heterocycles. The molecule has 4 aliphatic rings. The van der Waals surface area contributed by atoms with E-state index < -0.39 is 173 Å². The predicted octanol–water partition coefficient (Wildman–Crippen LogP) is -10.4. The number of aliphatic hydroxyl groups excluding tert-OH is 14. The summed E-state index contributed by atoms with van der Waals surface area (Å²) in [4.78, 5) is 24.3. The summed E-state index contributed by atoms with van der Waals surface area (Å²) in [5.41, 5.74) is 0. The second-order valence-electron chi connectivity index (χ2n) is 13.3. The monoisotopic (exact) mass is 795 g/mol. The van der Waals surface area contributed by atoms with Crippen LogP contribution in [0.25, 0.3) is 0 Å². The van der Waals surface area contributed by atoms with Crippen molar-refractivity contribution in [2.75, 3.05) is 26.4 Å². The number of hydrogen-bond acceptors (Lipinski definition) is 23. The molecule has 0 radical (unpaired) electrons. The lowest BCUT2D eigenvalue weighted by atomic mass is 9.88. The predicted molar refractivity (Wildman–Crippen MR) is 163 cm³/mol. The van der Waals surface area contributed by atoms with Crippen molar-refractivity contribution in [3.63, 3.8) is 0 Å². The molecule has 54 heavy (non-hydrogen) atoms. The van der Waals surface area contributed by atoms with Gasteiger partial charge in [-0.15, -0.1) is 0 Å². The van der Waals surface area contributed by atoms with Crippen molar-refractivity contribution < 1.29 is 119 Å². The average molecular weight is 796 g/mol. The van der Waals surface area contributed by atoms with Crippen LogP contribution < -0.4 is 5.32 Å². The molecule has 0 spiro atoms. The van der Waals surface area contributed by atoms with E-state index in [9.17, 15) is 86.2 Å². The Hall–Kier alpha value is -1.90. The van der Waals surface area contributed by atoms with Crippen LogP contribution in [-0.4, -0.2) is 243 Å². The first-order valence-corrected chi connectivity index (χ1v) is 16.7. The van der Waals surface area contributed by atoms with Gasteiger partial charge in [-0.3, -0.25) is 4.79 Å². The van der Waals surface area contributed by atoms with Crippen molar-refractivity contribution in [1.29, 1.82) is 0 Å². The smallest absolute Gasteiger partial charge is 0.364 e. The Labute approximate surface area is 305 Å². The zero-order valence-electron chi connectivity index (χ0n) is 28.5. The number of ether oxygens (including phenoxy) is 7. The van der Waals surface area contributed by atoms with Gasteiger partial charge in [-0.2, -0.15) is 0 Å². The van der Waals surface area contributed by atoms with Gasteiger partial charge in [0.05, 0.1) is 38.6 Å². The summed E-state index contributed by atoms with van der Waals surface area (Å²) in [6.45, 7) is -2.89. The van der Waals surface area contributed by atoms with Crippen molar-refractivity contribution in [3.05, 3.63) is 0 Å². The topological polar surface area (TPSA) is 414 Å². The molecule has 1 amide bonds. The lowest BCUT2D eigenvalue weighted by Crippen LogP contribution is -2.68. The Morgan fingerprint density at radius 2 is 1.26 bits per heavy atom. The summed E-state index contributed by atoms with van der Waals surface area (Å²) in [5, 5.41) is 157. The number of aliphatic carboxylic acids is 1. The van der Waals surface area contributed by atoms with Crippen LogP contribution in [0.4, 0.5) is 0 Å². The van der Waals surface area contributed by atoms with Crippen LogP contribution in [0.15, 0.2) is 0 Å². The van der Waals surface area contributed by atoms with Gasteiger partial charge in [0.2, 0.25) is 5.91 Å². The van der Waals surface area contributed by atoms with E-state index in [1.165, 1.54) is 0 Å². The Bertz CT molecular complexity index is 1230. The van der Waals surface area contributed by atoms with E-state index in [4.69, 9.17) is 33.2 Å². The second-order valence-corrected chi connectivity index (χ2v) is 13.3. The molecule has 25 heteroatoms. The van der Waals surface area contributed by atoms with Gasteiger partial charge in [-0.25, -0.2) is 4.79 Å². The summed E-state index contributed by atoms with van der Waals surface area (Å²) in [5.74, 6) is -5.57. The highest BCUT2D eigenvalue weighted by Gasteiger charge is 2.58. The van der Waals surface area contributed by atoms with E-state index in [-0.39, 0.29) is 0 Å². The molecule has 0 aromatic rings. The maximum atomic E-state index is 12.5. The van der Waals surface area contributed by atoms with Crippen LogP contribution in [-0.2, 0) is 42.7 Å². The number of amides is 1. The van der Waals surface area contributed by atoms with E-state index in [1.54, 1.807) is 0 Å². The number of hydrogen-bond donors (Lipinski definition) is 16. The number of carbonyl (C=O) groups is 2. The van der Waals surface area contributed by atoms with E-state index in [0.29, 0.717) is 0 Å². The molecule has 0 bridgehead atoms. The second kappa shape index (κ2) is 18.6. The maximum absolute atomic E-state index is 12.5. The normalized spacial score (nSPS) is 47.1. The first-order chi connectivity index (χ1) is 25.3. The minimum absolute atomic E-state index is 0.750. The van der Waals surface area contributed by atoms with Crippen molar-refractivity contribution in [2.24, 2.45) is 0 Å². The summed E-state index contributed by atoms with van der Waals surface area (Å²) in [6, 6.07) is -1.53. The van der Waals surface area contributed by atoms with Gasteiger partial charge in [0.15, 0.2) is 18.9 Å². The Kier molecular flexibility index (Phi) is 15.4. The molecular weight excluding hydrogens is 746 g/mol. The Morgan fingerprint density at radius 1 is 0.741 bits per heavy atom. The van der Waals surface area contributed by atoms with Crippen LogP contribution >= 0.6 is 0 Å². The molecule has 314 valence electrons. The van der Waals surface area contributed by atoms with E-state index in [0.717, 1.165) is 6.92 Å². The van der Waals surface area contributed by atoms with Crippen molar-refractivity contribution in [1.82, 2.24) is 5.32 Å². The van der Waals surface area contributed by atoms with Crippen molar-refractivity contribution >= 4 is 11.9 Å². The Balaban J connectivity index is 1.49. The van der Waals surface area contributed by atoms with Crippen LogP contribution in [0.5, 0.6) is 0 Å². The molecule has 4 fully saturated rings. The van der Waals surface area contributed by atoms with Gasteiger partial charge >= 0.3 is 5.97 Å². The number of aliphatic hydroxyl groups is 14. The fourth-order valence-electron chi connectivity index (χ4n) is 6.54. The van der Waals surface area contributed by atoms with Crippen molar-refractivity contribution in [3.8, 4) is 0 Å². The van der Waals surface area contributed by atoms with Crippen LogP contribution in [0.2, 0.25) is 0 Å². The molecule has 0 saturated carbocycles. The first-order valence-electron chi connectivity index (χ1n) is 16.7. The van der Waals surface area contributed by atoms with Gasteiger partial charge in [0, 0.05) is 13.3 Å². The molecule has 0 aromatic carbocycles. The zero-order valence-corrected chi connectivity index (χ0v) is 28.5. The molecule has 21 atom stereocenters. The van der Waals surface area contributed by atoms with Gasteiger partial charge in [-0.05, 0) is 0 Å². The highest BCUT2D eigenvalue weighted by Crippen LogP contribution is 2.36. The largest absolute Gasteiger partial charge is 0.477 e. The van der Waals surface area contributed by atoms with E-state index in [2.05, 4.69) is 5.32 Å². The zero-order chi connectivity index (χ0) is 40.4. The van der Waals surface area contributed by atoms with E-state index in [1.807, 2.05) is 0 Å². The number of nitrogens with one attached hydrogen (secondary N) is 1. The molecule has 4 heterocycles. The molecule has 0 aromatic heterocycles. The van der Waals surface area contributed by atoms with Gasteiger partial charge in [-0.1, -0.05) is 0 Å². The van der Waals surface area contributed by atoms with Crippen molar-refractivity contribution in [2.45, 2.75) is 142 Å². The first kappa shape index (κ1) is 44.8. The molecule has 25 nitrogen and oxygen atoms in total. The minimum atomic E-state index is -2.90. The molecule has 4 rings (SSSR count). The standard InChI is InChI=1S/C29H49NO24/c1-7(34)30-13-8(35)2-29(28(46)47,54-24(13)14(37)9(36)3-31)48-6-12-15(38)16(39)20(43)26(51-12)53-23-11(5-33)50-27(21(44)18(23)41)52-22-10(4-32)49-25(45)19(42)17(22)40/h8-27,31-33,35-45H,2-6H2,1H3,(H,30,34)(H,46,47)/t8-,9+,10+,11+,12+,13+,14+,15-,16-,17+,18+,19+,20+,21+,22+,23-,24+,25-,26+,27-,29+/m0/s1. The van der Waals surface area contributed by atoms with Gasteiger partial charge in [0.1, 0.15) is 91.6 Å². The fraction of sp³-hybridized carbons (Fsp3) is 0.931. The highest BCUT2D eigenvalue weighted by atomic mass is 16.8. The minimum Gasteiger partial charge on any atom is -0.477 e. The summed E-state index contributed by atoms with van der Waals surface area (Å²) in [6.07, 6.45) is -37.3. The molecule has 0 aliphatic carbocycles. The summed E-state index contributed by atoms with van der Waals surface area (Å²) in [7, 11) is 0. The molecule has 4 aliphatic heterocycles. The number of carbonyl (C=O) groups excluding carboxylic acids is 1. The van der Waals surface area contributed by atoms with E-state index >= 15 is 0 Å². The van der Waals surface area contributed by atoms with Gasteiger partial charge < -0.3 is 115 Å². The average Bonchev–Trinajstić information content (AvgIpc) is 3.13. The molecule has 16 N–H and O–H groups in total. The SMILES string of the molecule is CC(=O)N[C@H]1[C@H]([C@H](O)[C@H](O)CO)O[C@@](OC[C@H]2O[C@H](O[C@@H]3[C@H](O)[C@@H](O)[C@H](O[C@H]4[C@H](O)[C@@H](O)[C@@H](O)O[C@@H]4CO)O[C@@H]3CO)[C@H](O)[C@@H](O)[C@H]2O)(C(=O)O)C[C@@H]1O. The molecule has 0 unspecified atom stereocenters. The Morgan fingerprint density at radius 3 is 1.78 bits per heavy atom. The quantitative estimate of drug-likeness (QED) is 0.0776. The number of carboxylic acid groups (broad SMARTS) is 1. The molecular formula is C29H49NO24. The highest BCUT2D eigenvalue weighted by molar-refractivity contribution is 5.76. The van der Waals surface area contributed by atoms with Crippen LogP contribution in [0, 0.1) is 0 Å². The maximum Gasteiger partial charge on any atom is 0.364 e. The fourth-order valence-corrected chi connectivity index (χ4v) is 6.54. The third-order valence-electron chi connectivity index (χ3n) is 9.58. The number of rotatable bonds is 14. The van der Waals surface area contributed by atoms with Gasteiger partial charge in [0.25, 0.3) is 5.79 Å². The van der Waals surface area contributed by atoms with Crippen LogP contribution in [0.3, 0.4) is 0 Å². The van der Waals surface area contributed by atoms with Crippen LogP contribution in [0.1, 0.15) is 13.3 Å².